The van der Waals surface area contributed by atoms with Crippen molar-refractivity contribution in [2.45, 2.75) is 181 Å². The summed E-state index contributed by atoms with van der Waals surface area (Å²) < 4.78 is 2.41. The van der Waals surface area contributed by atoms with Crippen molar-refractivity contribution in [3.8, 4) is 0 Å². The number of rotatable bonds is 31. The molecule has 4 heteroatoms. The fourth-order valence-electron chi connectivity index (χ4n) is 5.88. The van der Waals surface area contributed by atoms with E-state index in [1.54, 1.807) is 0 Å². The Morgan fingerprint density at radius 1 is 0.250 bits per heavy atom. The Bertz CT molecular complexity index is 468. The molecule has 0 spiro atoms. The molecule has 0 aromatic heterocycles. The molecule has 0 aliphatic carbocycles. The summed E-state index contributed by atoms with van der Waals surface area (Å²) in [6.45, 7) is 9.98. The third-order valence-electron chi connectivity index (χ3n) is 9.04. The first-order valence-corrected chi connectivity index (χ1v) is 18.0. The largest absolute Gasteiger partial charge is 1.00 e. The highest BCUT2D eigenvalue weighted by Gasteiger charge is 2.22. The molecule has 0 N–H and O–H groups in total. The van der Waals surface area contributed by atoms with E-state index in [4.69, 9.17) is 0 Å². The second-order valence-corrected chi connectivity index (χ2v) is 14.3. The van der Waals surface area contributed by atoms with Crippen LogP contribution in [0.15, 0.2) is 0 Å². The lowest BCUT2D eigenvalue weighted by Crippen LogP contribution is -3.00. The summed E-state index contributed by atoms with van der Waals surface area (Å²) in [4.78, 5) is 0. The fourth-order valence-corrected chi connectivity index (χ4v) is 5.88. The van der Waals surface area contributed by atoms with Crippen molar-refractivity contribution < 1.29 is 42.9 Å². The summed E-state index contributed by atoms with van der Waals surface area (Å²) >= 11 is 0. The Morgan fingerprint density at radius 2 is 0.425 bits per heavy atom. The van der Waals surface area contributed by atoms with E-state index >= 15 is 0 Å². The summed E-state index contributed by atoms with van der Waals surface area (Å²) in [5, 5.41) is 0. The lowest BCUT2D eigenvalue weighted by molar-refractivity contribution is -0.946. The first-order chi connectivity index (χ1) is 18.3. The molecule has 0 bridgehead atoms. The molecule has 0 atom stereocenters. The molecule has 0 heterocycles. The summed E-state index contributed by atoms with van der Waals surface area (Å²) in [5.41, 5.74) is 0. The quantitative estimate of drug-likeness (QED) is 0.0679. The third kappa shape index (κ3) is 35.1. The van der Waals surface area contributed by atoms with E-state index < -0.39 is 0 Å². The zero-order valence-corrected chi connectivity index (χ0v) is 32.0. The van der Waals surface area contributed by atoms with E-state index in [-0.39, 0.29) is 34.0 Å². The van der Waals surface area contributed by atoms with E-state index in [0.29, 0.717) is 0 Å². The molecule has 0 saturated heterocycles. The molecule has 0 saturated carbocycles. The smallest absolute Gasteiger partial charge is 0.128 e. The van der Waals surface area contributed by atoms with Crippen molar-refractivity contribution >= 4 is 0 Å². The lowest BCUT2D eigenvalue weighted by Gasteiger charge is -2.36. The van der Waals surface area contributed by atoms with E-state index in [0.717, 1.165) is 0 Å². The number of hydrogen-bond donors (Lipinski definition) is 0. The molecule has 40 heavy (non-hydrogen) atoms. The first-order valence-electron chi connectivity index (χ1n) is 18.0. The molecule has 0 aliphatic rings. The number of halogens is 2. The Kier molecular flexibility index (Phi) is 37.1. The Balaban J connectivity index is -0.00000684. The van der Waals surface area contributed by atoms with Gasteiger partial charge in [0.1, 0.15) is 13.1 Å². The van der Waals surface area contributed by atoms with Crippen LogP contribution in [0.3, 0.4) is 0 Å². The maximum atomic E-state index is 2.46. The molecule has 0 fully saturated rings. The van der Waals surface area contributed by atoms with Crippen LogP contribution in [0.4, 0.5) is 0 Å². The predicted octanol–water partition coefficient (Wildman–Crippen LogP) is 5.33. The highest BCUT2D eigenvalue weighted by Crippen LogP contribution is 2.15. The van der Waals surface area contributed by atoms with E-state index in [9.17, 15) is 0 Å². The van der Waals surface area contributed by atoms with Gasteiger partial charge in [-0.15, -0.1) is 0 Å². The fraction of sp³-hybridized carbons (Fsp3) is 1.00. The molecule has 0 aromatic carbocycles. The highest BCUT2D eigenvalue weighted by atomic mass is 79.9. The van der Waals surface area contributed by atoms with Crippen molar-refractivity contribution in [3.63, 3.8) is 0 Å². The Morgan fingerprint density at radius 3 is 0.625 bits per heavy atom. The predicted molar refractivity (Wildman–Crippen MR) is 175 cm³/mol. The topological polar surface area (TPSA) is 0 Å². The van der Waals surface area contributed by atoms with E-state index in [1.165, 1.54) is 202 Å². The average Bonchev–Trinajstić information content (AvgIpc) is 2.88. The van der Waals surface area contributed by atoms with Crippen LogP contribution in [-0.2, 0) is 0 Å². The van der Waals surface area contributed by atoms with Gasteiger partial charge in [0.15, 0.2) is 0 Å². The SMILES string of the molecule is CCCCCCCCCCCCCCCC[N+](C)(C)CC[N+](C)(C)CCCCCCCCCCCCCC.[Br-].[Br-]. The van der Waals surface area contributed by atoms with Gasteiger partial charge in [0.2, 0.25) is 0 Å². The molecule has 0 radical (unpaired) electrons. The minimum atomic E-state index is 0. The number of likely N-dealkylation sites (N-methyl/N-ethyl adjacent to an activating group) is 2. The molecule has 0 aliphatic heterocycles. The van der Waals surface area contributed by atoms with Gasteiger partial charge in [-0.2, -0.15) is 0 Å². The number of hydrogen-bond acceptors (Lipinski definition) is 0. The van der Waals surface area contributed by atoms with Crippen molar-refractivity contribution in [2.75, 3.05) is 54.4 Å². The van der Waals surface area contributed by atoms with Gasteiger partial charge in [-0.3, -0.25) is 0 Å². The Labute approximate surface area is 276 Å². The van der Waals surface area contributed by atoms with Crippen molar-refractivity contribution in [1.29, 1.82) is 0 Å². The summed E-state index contributed by atoms with van der Waals surface area (Å²) in [6.07, 6.45) is 37.8. The van der Waals surface area contributed by atoms with Gasteiger partial charge in [-0.05, 0) is 25.7 Å². The molecule has 246 valence electrons. The van der Waals surface area contributed by atoms with Crippen LogP contribution in [0.25, 0.3) is 0 Å². The minimum absolute atomic E-state index is 0. The zero-order chi connectivity index (χ0) is 28.2. The van der Waals surface area contributed by atoms with Crippen LogP contribution < -0.4 is 34.0 Å². The summed E-state index contributed by atoms with van der Waals surface area (Å²) in [6, 6.07) is 0. The number of unbranched alkanes of at least 4 members (excludes halogenated alkanes) is 24. The van der Waals surface area contributed by atoms with E-state index in [2.05, 4.69) is 42.0 Å². The van der Waals surface area contributed by atoms with Gasteiger partial charge in [0.25, 0.3) is 0 Å². The maximum Gasteiger partial charge on any atom is 0.128 e. The molecule has 0 amide bonds. The van der Waals surface area contributed by atoms with Crippen LogP contribution >= 0.6 is 0 Å². The monoisotopic (exact) mass is 696 g/mol. The van der Waals surface area contributed by atoms with Crippen LogP contribution in [0, 0.1) is 0 Å². The Hall–Kier alpha value is 0.880. The van der Waals surface area contributed by atoms with Gasteiger partial charge < -0.3 is 42.9 Å². The normalized spacial score (nSPS) is 11.8. The van der Waals surface area contributed by atoms with Crippen molar-refractivity contribution in [1.82, 2.24) is 0 Å². The van der Waals surface area contributed by atoms with Gasteiger partial charge in [-0.1, -0.05) is 155 Å². The number of nitrogens with zero attached hydrogens (tertiary/aromatic N) is 2. The van der Waals surface area contributed by atoms with Crippen molar-refractivity contribution in [2.24, 2.45) is 0 Å². The standard InChI is InChI=1S/C36H78N2.2BrH/c1-7-9-11-13-15-17-19-21-22-24-26-28-30-32-34-38(5,6)36-35-37(3,4)33-31-29-27-25-23-20-18-16-14-12-10-8-2;;/h7-36H2,1-6H3;2*1H/q+2;;/p-2. The van der Waals surface area contributed by atoms with Gasteiger partial charge in [-0.25, -0.2) is 0 Å². The average molecular weight is 699 g/mol. The van der Waals surface area contributed by atoms with Crippen molar-refractivity contribution in [3.05, 3.63) is 0 Å². The molecular weight excluding hydrogens is 620 g/mol. The van der Waals surface area contributed by atoms with Crippen LogP contribution in [0.2, 0.25) is 0 Å². The molecule has 2 nitrogen and oxygen atoms in total. The van der Waals surface area contributed by atoms with Gasteiger partial charge in [0.05, 0.1) is 41.3 Å². The molecular formula is C36H78Br2N2. The van der Waals surface area contributed by atoms with Gasteiger partial charge in [0, 0.05) is 0 Å². The van der Waals surface area contributed by atoms with E-state index in [1.807, 2.05) is 0 Å². The molecule has 0 unspecified atom stereocenters. The molecule has 0 aromatic rings. The summed E-state index contributed by atoms with van der Waals surface area (Å²) in [5.74, 6) is 0. The second-order valence-electron chi connectivity index (χ2n) is 14.3. The second kappa shape index (κ2) is 32.8. The highest BCUT2D eigenvalue weighted by molar-refractivity contribution is 4.51. The van der Waals surface area contributed by atoms with Crippen LogP contribution in [-0.4, -0.2) is 63.3 Å². The van der Waals surface area contributed by atoms with Crippen LogP contribution in [0.5, 0.6) is 0 Å². The summed E-state index contributed by atoms with van der Waals surface area (Å²) in [7, 11) is 9.86. The first kappa shape index (κ1) is 45.3. The molecule has 0 rings (SSSR count). The van der Waals surface area contributed by atoms with Crippen LogP contribution in [0.1, 0.15) is 181 Å². The van der Waals surface area contributed by atoms with Gasteiger partial charge >= 0.3 is 0 Å². The lowest BCUT2D eigenvalue weighted by atomic mass is 10.0. The maximum absolute atomic E-state index is 2.46. The zero-order valence-electron chi connectivity index (χ0n) is 28.9. The third-order valence-corrected chi connectivity index (χ3v) is 9.04. The number of quaternary nitrogens is 2. The minimum Gasteiger partial charge on any atom is -1.00 e.